The Morgan fingerprint density at radius 3 is 2.50 bits per heavy atom. The van der Waals surface area contributed by atoms with Crippen LogP contribution in [0.2, 0.25) is 0 Å². The predicted molar refractivity (Wildman–Crippen MR) is 125 cm³/mol. The molecule has 6 atom stereocenters. The summed E-state index contributed by atoms with van der Waals surface area (Å²) in [6, 6.07) is 0. The number of ether oxygens (including phenoxy) is 3. The molecule has 0 amide bonds. The molecule has 2 heterocycles. The maximum absolute atomic E-state index is 13.9. The lowest BCUT2D eigenvalue weighted by atomic mass is 9.50. The summed E-state index contributed by atoms with van der Waals surface area (Å²) in [5, 5.41) is 0. The Morgan fingerprint density at radius 1 is 1.17 bits per heavy atom. The van der Waals surface area contributed by atoms with Crippen LogP contribution in [-0.2, 0) is 38.2 Å². The molecular formula is C27H33NO8. The van der Waals surface area contributed by atoms with Gasteiger partial charge in [0.15, 0.2) is 0 Å². The average Bonchev–Trinajstić information content (AvgIpc) is 3.42. The number of carbonyl (C=O) groups excluding carboxylic acids is 5. The van der Waals surface area contributed by atoms with Gasteiger partial charge in [-0.2, -0.15) is 0 Å². The van der Waals surface area contributed by atoms with Gasteiger partial charge in [0.1, 0.15) is 18.0 Å². The molecule has 5 rings (SSSR count). The van der Waals surface area contributed by atoms with E-state index in [0.29, 0.717) is 18.4 Å². The zero-order valence-electron chi connectivity index (χ0n) is 21.3. The van der Waals surface area contributed by atoms with Crippen molar-refractivity contribution in [3.8, 4) is 0 Å². The van der Waals surface area contributed by atoms with Crippen molar-refractivity contribution in [2.24, 2.45) is 22.7 Å². The lowest BCUT2D eigenvalue weighted by Crippen LogP contribution is -2.62. The fraction of sp³-hybridized carbons (Fsp3) is 0.667. The summed E-state index contributed by atoms with van der Waals surface area (Å²) in [5.41, 5.74) is -1.17. The zero-order chi connectivity index (χ0) is 26.0. The third-order valence-electron chi connectivity index (χ3n) is 9.10. The van der Waals surface area contributed by atoms with Gasteiger partial charge >= 0.3 is 11.9 Å². The Kier molecular flexibility index (Phi) is 5.97. The van der Waals surface area contributed by atoms with Crippen LogP contribution in [0, 0.1) is 22.7 Å². The molecule has 0 aromatic carbocycles. The van der Waals surface area contributed by atoms with Crippen LogP contribution in [0.5, 0.6) is 0 Å². The Balaban J connectivity index is 1.76. The van der Waals surface area contributed by atoms with Gasteiger partial charge < -0.3 is 19.1 Å². The topological polar surface area (TPSA) is 116 Å². The number of hydrogen-bond donors (Lipinski definition) is 0. The average molecular weight is 500 g/mol. The second-order valence-corrected chi connectivity index (χ2v) is 11.1. The molecule has 3 fully saturated rings. The molecule has 1 saturated carbocycles. The first-order valence-electron chi connectivity index (χ1n) is 12.7. The maximum atomic E-state index is 13.9. The van der Waals surface area contributed by atoms with Gasteiger partial charge in [-0.05, 0) is 24.8 Å². The first-order chi connectivity index (χ1) is 17.0. The lowest BCUT2D eigenvalue weighted by Gasteiger charge is -2.55. The summed E-state index contributed by atoms with van der Waals surface area (Å²) in [6.45, 7) is 6.38. The van der Waals surface area contributed by atoms with E-state index < -0.39 is 58.4 Å². The van der Waals surface area contributed by atoms with Crippen molar-refractivity contribution in [3.05, 3.63) is 22.9 Å². The molecule has 0 aromatic heterocycles. The van der Waals surface area contributed by atoms with Gasteiger partial charge in [-0.25, -0.2) is 4.79 Å². The first kappa shape index (κ1) is 24.9. The van der Waals surface area contributed by atoms with Crippen molar-refractivity contribution >= 4 is 29.3 Å². The summed E-state index contributed by atoms with van der Waals surface area (Å²) in [4.78, 5) is 68.2. The van der Waals surface area contributed by atoms with Crippen molar-refractivity contribution < 1.29 is 38.2 Å². The molecular weight excluding hydrogens is 466 g/mol. The number of methoxy groups -OCH3 is 1. The summed E-state index contributed by atoms with van der Waals surface area (Å²) >= 11 is 0. The van der Waals surface area contributed by atoms with Crippen molar-refractivity contribution in [1.82, 2.24) is 4.90 Å². The monoisotopic (exact) mass is 499 g/mol. The van der Waals surface area contributed by atoms with Crippen LogP contribution in [0.25, 0.3) is 0 Å². The summed E-state index contributed by atoms with van der Waals surface area (Å²) in [6.07, 6.45) is 2.81. The Hall–Kier alpha value is -2.81. The molecule has 3 aliphatic carbocycles. The number of Topliss-reactive ketones (excluding diaryl/α,β-unsaturated/α-hetero) is 3. The number of fused-ring (bicyclic) bond motifs is 4. The minimum atomic E-state index is -1.18. The van der Waals surface area contributed by atoms with Crippen LogP contribution >= 0.6 is 0 Å². The third kappa shape index (κ3) is 3.42. The van der Waals surface area contributed by atoms with E-state index >= 15 is 0 Å². The van der Waals surface area contributed by atoms with E-state index in [2.05, 4.69) is 0 Å². The van der Waals surface area contributed by atoms with Gasteiger partial charge in [0, 0.05) is 68.5 Å². The smallest absolute Gasteiger partial charge is 0.336 e. The second kappa shape index (κ2) is 8.64. The summed E-state index contributed by atoms with van der Waals surface area (Å²) in [5.74, 6) is -4.09. The van der Waals surface area contributed by atoms with E-state index in [0.717, 1.165) is 25.9 Å². The highest BCUT2D eigenvalue weighted by Gasteiger charge is 2.67. The molecule has 5 aliphatic rings. The molecule has 2 saturated heterocycles. The normalized spacial score (nSPS) is 39.2. The van der Waals surface area contributed by atoms with Crippen molar-refractivity contribution in [2.45, 2.75) is 65.1 Å². The molecule has 0 aromatic rings. The van der Waals surface area contributed by atoms with Crippen molar-refractivity contribution in [2.75, 3.05) is 26.8 Å². The van der Waals surface area contributed by atoms with Crippen LogP contribution in [0.15, 0.2) is 22.9 Å². The highest BCUT2D eigenvalue weighted by Crippen LogP contribution is 2.62. The van der Waals surface area contributed by atoms with Crippen molar-refractivity contribution in [1.29, 1.82) is 0 Å². The van der Waals surface area contributed by atoms with Crippen LogP contribution in [-0.4, -0.2) is 73.2 Å². The van der Waals surface area contributed by atoms with E-state index in [9.17, 15) is 24.0 Å². The van der Waals surface area contributed by atoms with Gasteiger partial charge in [-0.1, -0.05) is 13.8 Å². The number of ketones is 3. The quantitative estimate of drug-likeness (QED) is 0.325. The highest BCUT2D eigenvalue weighted by atomic mass is 16.6. The molecule has 0 radical (unpaired) electrons. The molecule has 9 heteroatoms. The van der Waals surface area contributed by atoms with Gasteiger partial charge in [-0.15, -0.1) is 0 Å². The van der Waals surface area contributed by atoms with Crippen LogP contribution in [0.3, 0.4) is 0 Å². The number of esters is 2. The van der Waals surface area contributed by atoms with E-state index in [1.165, 1.54) is 14.0 Å². The Morgan fingerprint density at radius 2 is 1.86 bits per heavy atom. The molecule has 0 N–H and O–H groups in total. The Bertz CT molecular complexity index is 1110. The number of carbonyl (C=O) groups is 5. The molecule has 36 heavy (non-hydrogen) atoms. The standard InChI is InChI=1S/C27H33NO8/c1-14(29)35-17-11-26(2)16(7-8-18(26)30)20-22(17)27(3)19(13-34-4)36-25(33)15(12-28-9-5-6-10-28)21(27)24(32)23(20)31/h12,16-17,19,21H,5-11,13H2,1-4H3/t16-,17+,19+,21?,26-,27-/m0/s1. The van der Waals surface area contributed by atoms with E-state index in [1.54, 1.807) is 20.0 Å². The fourth-order valence-corrected chi connectivity index (χ4v) is 7.37. The minimum absolute atomic E-state index is 0.00163. The van der Waals surface area contributed by atoms with Gasteiger partial charge in [0.05, 0.1) is 18.1 Å². The number of cyclic esters (lactones) is 1. The van der Waals surface area contributed by atoms with E-state index in [4.69, 9.17) is 14.2 Å². The van der Waals surface area contributed by atoms with Crippen LogP contribution in [0.1, 0.15) is 52.9 Å². The number of likely N-dealkylation sites (tertiary alicyclic amines) is 1. The predicted octanol–water partition coefficient (Wildman–Crippen LogP) is 1.93. The van der Waals surface area contributed by atoms with E-state index in [-0.39, 0.29) is 30.0 Å². The van der Waals surface area contributed by atoms with Gasteiger partial charge in [-0.3, -0.25) is 19.2 Å². The minimum Gasteiger partial charge on any atom is -0.458 e. The highest BCUT2D eigenvalue weighted by molar-refractivity contribution is 6.47. The van der Waals surface area contributed by atoms with E-state index in [1.807, 2.05) is 4.90 Å². The summed E-state index contributed by atoms with van der Waals surface area (Å²) < 4.78 is 17.1. The lowest BCUT2D eigenvalue weighted by molar-refractivity contribution is -0.174. The SMILES string of the molecule is COC[C@H]1OC(=O)C(=CN2CCCC2)C2C(=O)C(=O)C3=C([C@H](OC(C)=O)C[C@]4(C)C(=O)CC[C@@H]34)[C@]21C. The molecule has 1 unspecified atom stereocenters. The number of rotatable bonds is 4. The number of hydrogen-bond acceptors (Lipinski definition) is 9. The summed E-state index contributed by atoms with van der Waals surface area (Å²) in [7, 11) is 1.48. The maximum Gasteiger partial charge on any atom is 0.336 e. The van der Waals surface area contributed by atoms with Crippen LogP contribution in [0.4, 0.5) is 0 Å². The van der Waals surface area contributed by atoms with Gasteiger partial charge in [0.2, 0.25) is 11.6 Å². The second-order valence-electron chi connectivity index (χ2n) is 11.1. The van der Waals surface area contributed by atoms with Crippen molar-refractivity contribution in [3.63, 3.8) is 0 Å². The third-order valence-corrected chi connectivity index (χ3v) is 9.10. The van der Waals surface area contributed by atoms with Crippen LogP contribution < -0.4 is 0 Å². The fourth-order valence-electron chi connectivity index (χ4n) is 7.37. The molecule has 0 spiro atoms. The van der Waals surface area contributed by atoms with Gasteiger partial charge in [0.25, 0.3) is 0 Å². The largest absolute Gasteiger partial charge is 0.458 e. The first-order valence-corrected chi connectivity index (χ1v) is 12.7. The molecule has 9 nitrogen and oxygen atoms in total. The number of allylic oxidation sites excluding steroid dienone is 1. The number of nitrogens with zero attached hydrogens (tertiary/aromatic N) is 1. The molecule has 194 valence electrons. The molecule has 2 aliphatic heterocycles. The zero-order valence-corrected chi connectivity index (χ0v) is 21.3. The molecule has 0 bridgehead atoms. The Labute approximate surface area is 210 Å².